The van der Waals surface area contributed by atoms with E-state index in [-0.39, 0.29) is 0 Å². The minimum Gasteiger partial charge on any atom is -0.497 e. The van der Waals surface area contributed by atoms with Crippen LogP contribution in [0.15, 0.2) is 47.4 Å². The summed E-state index contributed by atoms with van der Waals surface area (Å²) in [5, 5.41) is 0. The first-order valence-corrected chi connectivity index (χ1v) is 11.7. The summed E-state index contributed by atoms with van der Waals surface area (Å²) in [7, 11) is -0.272. The molecule has 2 aromatic rings. The molecule has 1 aliphatic rings. The van der Waals surface area contributed by atoms with Gasteiger partial charge in [0.05, 0.1) is 19.1 Å². The van der Waals surface area contributed by atoms with Gasteiger partial charge in [0.2, 0.25) is 10.0 Å². The third kappa shape index (κ3) is 5.65. The maximum atomic E-state index is 12.6. The first-order chi connectivity index (χ1) is 14.4. The molecule has 164 valence electrons. The van der Waals surface area contributed by atoms with E-state index in [4.69, 9.17) is 9.47 Å². The van der Waals surface area contributed by atoms with Crippen molar-refractivity contribution < 1.29 is 17.9 Å². The Morgan fingerprint density at radius 2 is 1.57 bits per heavy atom. The highest BCUT2D eigenvalue weighted by Crippen LogP contribution is 2.22. The number of sulfonamides is 1. The van der Waals surface area contributed by atoms with Gasteiger partial charge < -0.3 is 14.4 Å². The number of methoxy groups -OCH3 is 2. The van der Waals surface area contributed by atoms with Gasteiger partial charge >= 0.3 is 0 Å². The first-order valence-electron chi connectivity index (χ1n) is 10.2. The number of ether oxygens (including phenoxy) is 2. The average Bonchev–Trinajstić information content (AvgIpc) is 2.77. The van der Waals surface area contributed by atoms with Crippen molar-refractivity contribution in [2.75, 3.05) is 58.4 Å². The lowest BCUT2D eigenvalue weighted by molar-refractivity contribution is 0.255. The molecule has 1 fully saturated rings. The third-order valence-electron chi connectivity index (χ3n) is 5.42. The Balaban J connectivity index is 1.42. The lowest BCUT2D eigenvalue weighted by Gasteiger charge is -2.36. The van der Waals surface area contributed by atoms with Gasteiger partial charge in [-0.25, -0.2) is 13.1 Å². The number of benzene rings is 2. The monoisotopic (exact) mass is 433 g/mol. The van der Waals surface area contributed by atoms with Gasteiger partial charge in [0.1, 0.15) is 11.5 Å². The van der Waals surface area contributed by atoms with Crippen molar-refractivity contribution >= 4 is 15.7 Å². The molecule has 0 saturated carbocycles. The highest BCUT2D eigenvalue weighted by atomic mass is 32.2. The van der Waals surface area contributed by atoms with E-state index in [1.54, 1.807) is 39.3 Å². The molecule has 2 aromatic carbocycles. The van der Waals surface area contributed by atoms with Crippen molar-refractivity contribution in [3.63, 3.8) is 0 Å². The molecule has 0 radical (unpaired) electrons. The Bertz CT molecular complexity index is 924. The lowest BCUT2D eigenvalue weighted by atomic mass is 10.2. The molecule has 0 aliphatic carbocycles. The van der Waals surface area contributed by atoms with Crippen LogP contribution in [0.2, 0.25) is 0 Å². The van der Waals surface area contributed by atoms with Crippen LogP contribution < -0.4 is 19.1 Å². The van der Waals surface area contributed by atoms with E-state index in [1.165, 1.54) is 5.69 Å². The maximum Gasteiger partial charge on any atom is 0.240 e. The highest BCUT2D eigenvalue weighted by Gasteiger charge is 2.19. The summed E-state index contributed by atoms with van der Waals surface area (Å²) in [6.45, 7) is 6.94. The van der Waals surface area contributed by atoms with Gasteiger partial charge in [0.25, 0.3) is 0 Å². The van der Waals surface area contributed by atoms with Crippen molar-refractivity contribution in [3.05, 3.63) is 48.0 Å². The molecular weight excluding hydrogens is 402 g/mol. The van der Waals surface area contributed by atoms with E-state index in [0.717, 1.165) is 44.9 Å². The zero-order valence-electron chi connectivity index (χ0n) is 17.9. The molecule has 8 heteroatoms. The van der Waals surface area contributed by atoms with E-state index >= 15 is 0 Å². The van der Waals surface area contributed by atoms with Gasteiger partial charge in [-0.3, -0.25) is 4.90 Å². The Morgan fingerprint density at radius 3 is 2.17 bits per heavy atom. The number of rotatable bonds is 9. The largest absolute Gasteiger partial charge is 0.497 e. The van der Waals surface area contributed by atoms with Crippen molar-refractivity contribution in [2.45, 2.75) is 18.2 Å². The predicted molar refractivity (Wildman–Crippen MR) is 119 cm³/mol. The number of piperazine rings is 1. The third-order valence-corrected chi connectivity index (χ3v) is 7.05. The topological polar surface area (TPSA) is 71.1 Å². The van der Waals surface area contributed by atoms with Crippen LogP contribution in [0.1, 0.15) is 12.0 Å². The van der Waals surface area contributed by atoms with E-state index in [2.05, 4.69) is 26.7 Å². The second kappa shape index (κ2) is 10.1. The lowest BCUT2D eigenvalue weighted by Crippen LogP contribution is -2.47. The van der Waals surface area contributed by atoms with Crippen LogP contribution in [0.25, 0.3) is 0 Å². The quantitative estimate of drug-likeness (QED) is 0.613. The van der Waals surface area contributed by atoms with Crippen molar-refractivity contribution in [1.82, 2.24) is 9.62 Å². The minimum absolute atomic E-state index is 0.302. The summed E-state index contributed by atoms with van der Waals surface area (Å²) < 4.78 is 38.2. The molecule has 0 spiro atoms. The smallest absolute Gasteiger partial charge is 0.240 e. The van der Waals surface area contributed by atoms with Crippen LogP contribution in [-0.4, -0.2) is 66.8 Å². The van der Waals surface area contributed by atoms with Gasteiger partial charge in [-0.1, -0.05) is 0 Å². The Kier molecular flexibility index (Phi) is 7.58. The van der Waals surface area contributed by atoms with E-state index in [9.17, 15) is 8.42 Å². The average molecular weight is 434 g/mol. The summed E-state index contributed by atoms with van der Waals surface area (Å²) in [5.41, 5.74) is 1.88. The van der Waals surface area contributed by atoms with E-state index < -0.39 is 10.0 Å². The van der Waals surface area contributed by atoms with Crippen LogP contribution in [0.4, 0.5) is 5.69 Å². The standard InChI is InChI=1S/C22H31N3O4S/c1-18-17-21(29-3)9-10-22(18)30(26,27)23-11-4-12-24-13-15-25(16-14-24)19-5-7-20(28-2)8-6-19/h5-10,17,23H,4,11-16H2,1-3H3. The van der Waals surface area contributed by atoms with Crippen LogP contribution >= 0.6 is 0 Å². The molecule has 0 bridgehead atoms. The van der Waals surface area contributed by atoms with Crippen molar-refractivity contribution in [2.24, 2.45) is 0 Å². The summed E-state index contributed by atoms with van der Waals surface area (Å²) in [4.78, 5) is 5.05. The molecule has 1 aliphatic heterocycles. The van der Waals surface area contributed by atoms with Gasteiger partial charge in [0, 0.05) is 38.4 Å². The second-order valence-electron chi connectivity index (χ2n) is 7.41. The molecular formula is C22H31N3O4S. The SMILES string of the molecule is COc1ccc(N2CCN(CCCNS(=O)(=O)c3ccc(OC)cc3C)CC2)cc1. The number of hydrogen-bond acceptors (Lipinski definition) is 6. The van der Waals surface area contributed by atoms with Gasteiger partial charge in [0.15, 0.2) is 0 Å². The Morgan fingerprint density at radius 1 is 0.933 bits per heavy atom. The van der Waals surface area contributed by atoms with Crippen LogP contribution in [0, 0.1) is 6.92 Å². The fraction of sp³-hybridized carbons (Fsp3) is 0.455. The molecule has 30 heavy (non-hydrogen) atoms. The summed E-state index contributed by atoms with van der Waals surface area (Å²) in [6, 6.07) is 13.1. The maximum absolute atomic E-state index is 12.6. The number of nitrogens with one attached hydrogen (secondary N) is 1. The van der Waals surface area contributed by atoms with Gasteiger partial charge in [-0.15, -0.1) is 0 Å². The molecule has 1 N–H and O–H groups in total. The Hall–Kier alpha value is -2.29. The number of hydrogen-bond donors (Lipinski definition) is 1. The molecule has 0 amide bonds. The Labute approximate surface area is 179 Å². The molecule has 1 heterocycles. The summed E-state index contributed by atoms with van der Waals surface area (Å²) in [5.74, 6) is 1.52. The fourth-order valence-corrected chi connectivity index (χ4v) is 4.96. The van der Waals surface area contributed by atoms with Crippen LogP contribution in [-0.2, 0) is 10.0 Å². The summed E-state index contributed by atoms with van der Waals surface area (Å²) in [6.07, 6.45) is 0.775. The summed E-state index contributed by atoms with van der Waals surface area (Å²) >= 11 is 0. The van der Waals surface area contributed by atoms with Gasteiger partial charge in [-0.2, -0.15) is 0 Å². The molecule has 0 atom stereocenters. The molecule has 0 aromatic heterocycles. The zero-order valence-corrected chi connectivity index (χ0v) is 18.7. The van der Waals surface area contributed by atoms with Crippen molar-refractivity contribution in [1.29, 1.82) is 0 Å². The van der Waals surface area contributed by atoms with Crippen LogP contribution in [0.5, 0.6) is 11.5 Å². The number of nitrogens with zero attached hydrogens (tertiary/aromatic N) is 2. The zero-order chi connectivity index (χ0) is 21.6. The predicted octanol–water partition coefficient (Wildman–Crippen LogP) is 2.50. The molecule has 3 rings (SSSR count). The van der Waals surface area contributed by atoms with E-state index in [0.29, 0.717) is 22.8 Å². The molecule has 0 unspecified atom stereocenters. The highest BCUT2D eigenvalue weighted by molar-refractivity contribution is 7.89. The van der Waals surface area contributed by atoms with E-state index in [1.807, 2.05) is 12.1 Å². The first kappa shape index (κ1) is 22.4. The molecule has 1 saturated heterocycles. The second-order valence-corrected chi connectivity index (χ2v) is 9.14. The number of anilines is 1. The van der Waals surface area contributed by atoms with Crippen LogP contribution in [0.3, 0.4) is 0 Å². The van der Waals surface area contributed by atoms with Crippen molar-refractivity contribution in [3.8, 4) is 11.5 Å². The minimum atomic E-state index is -3.51. The fourth-order valence-electron chi connectivity index (χ4n) is 3.66. The van der Waals surface area contributed by atoms with Gasteiger partial charge in [-0.05, 0) is 67.9 Å². The number of aryl methyl sites for hydroxylation is 1. The molecule has 7 nitrogen and oxygen atoms in total. The normalized spacial score (nSPS) is 15.2.